The number of carbonyl (C=O) groups excluding carboxylic acids is 2. The van der Waals surface area contributed by atoms with Crippen molar-refractivity contribution in [1.82, 2.24) is 10.6 Å². The molecule has 1 aliphatic carbocycles. The van der Waals surface area contributed by atoms with Gasteiger partial charge >= 0.3 is 0 Å². The number of hydrogen-bond acceptors (Lipinski definition) is 4. The van der Waals surface area contributed by atoms with Crippen LogP contribution in [0.3, 0.4) is 0 Å². The molecule has 1 aromatic carbocycles. The van der Waals surface area contributed by atoms with Gasteiger partial charge in [-0.15, -0.1) is 0 Å². The highest BCUT2D eigenvalue weighted by molar-refractivity contribution is 6.07. The van der Waals surface area contributed by atoms with E-state index in [9.17, 15) is 9.59 Å². The largest absolute Gasteiger partial charge is 0.454 e. The van der Waals surface area contributed by atoms with Crippen molar-refractivity contribution in [2.75, 3.05) is 6.79 Å². The van der Waals surface area contributed by atoms with Crippen LogP contribution >= 0.6 is 0 Å². The maximum Gasteiger partial charge on any atom is 0.235 e. The zero-order valence-corrected chi connectivity index (χ0v) is 12.8. The summed E-state index contributed by atoms with van der Waals surface area (Å²) >= 11 is 0. The second kappa shape index (κ2) is 5.51. The fraction of sp³-hybridized carbons (Fsp3) is 0.500. The fourth-order valence-corrected chi connectivity index (χ4v) is 2.49. The molecule has 1 aliphatic heterocycles. The molecule has 3 rings (SSSR count). The maximum atomic E-state index is 12.3. The van der Waals surface area contributed by atoms with E-state index in [1.807, 2.05) is 32.0 Å². The molecular formula is C16H20N2O4. The van der Waals surface area contributed by atoms with Crippen molar-refractivity contribution in [1.29, 1.82) is 0 Å². The molecule has 0 unspecified atom stereocenters. The van der Waals surface area contributed by atoms with Crippen LogP contribution in [0.15, 0.2) is 18.2 Å². The molecule has 1 saturated carbocycles. The first-order valence-electron chi connectivity index (χ1n) is 7.49. The minimum atomic E-state index is -0.874. The molecule has 6 nitrogen and oxygen atoms in total. The minimum Gasteiger partial charge on any atom is -0.454 e. The zero-order valence-electron chi connectivity index (χ0n) is 12.8. The van der Waals surface area contributed by atoms with Gasteiger partial charge in [0.2, 0.25) is 18.6 Å². The van der Waals surface area contributed by atoms with Gasteiger partial charge in [-0.1, -0.05) is 6.07 Å². The Morgan fingerprint density at radius 2 is 1.91 bits per heavy atom. The molecule has 0 spiro atoms. The highest BCUT2D eigenvalue weighted by Gasteiger charge is 2.56. The summed E-state index contributed by atoms with van der Waals surface area (Å²) in [6.07, 6.45) is 1.22. The molecule has 0 saturated heterocycles. The molecule has 118 valence electrons. The maximum absolute atomic E-state index is 12.3. The van der Waals surface area contributed by atoms with Crippen molar-refractivity contribution in [3.8, 4) is 11.5 Å². The number of hydrogen-bond donors (Lipinski definition) is 2. The lowest BCUT2D eigenvalue weighted by atomic mass is 10.0. The Hall–Kier alpha value is -2.24. The van der Waals surface area contributed by atoms with Crippen LogP contribution in [0.5, 0.6) is 11.5 Å². The van der Waals surface area contributed by atoms with E-state index in [1.165, 1.54) is 0 Å². The summed E-state index contributed by atoms with van der Waals surface area (Å²) in [5.41, 5.74) is 0.0401. The van der Waals surface area contributed by atoms with Gasteiger partial charge in [0.1, 0.15) is 5.41 Å². The normalized spacial score (nSPS) is 17.2. The first-order valence-corrected chi connectivity index (χ1v) is 7.49. The predicted octanol–water partition coefficient (Wildman–Crippen LogP) is 1.34. The third-order valence-corrected chi connectivity index (χ3v) is 3.93. The van der Waals surface area contributed by atoms with Crippen LogP contribution in [0.25, 0.3) is 0 Å². The highest BCUT2D eigenvalue weighted by Crippen LogP contribution is 2.46. The van der Waals surface area contributed by atoms with E-state index in [2.05, 4.69) is 10.6 Å². The van der Waals surface area contributed by atoms with Crippen molar-refractivity contribution < 1.29 is 19.1 Å². The molecule has 0 aromatic heterocycles. The van der Waals surface area contributed by atoms with E-state index in [-0.39, 0.29) is 24.6 Å². The molecule has 0 atom stereocenters. The van der Waals surface area contributed by atoms with Crippen molar-refractivity contribution in [2.24, 2.45) is 5.41 Å². The van der Waals surface area contributed by atoms with E-state index >= 15 is 0 Å². The molecule has 1 fully saturated rings. The second-order valence-electron chi connectivity index (χ2n) is 6.08. The second-order valence-corrected chi connectivity index (χ2v) is 6.08. The molecule has 6 heteroatoms. The molecule has 1 heterocycles. The van der Waals surface area contributed by atoms with Crippen molar-refractivity contribution in [3.05, 3.63) is 23.8 Å². The fourth-order valence-electron chi connectivity index (χ4n) is 2.49. The summed E-state index contributed by atoms with van der Waals surface area (Å²) in [6.45, 7) is 4.37. The summed E-state index contributed by atoms with van der Waals surface area (Å²) < 4.78 is 10.6. The van der Waals surface area contributed by atoms with Crippen LogP contribution in [0.4, 0.5) is 0 Å². The van der Waals surface area contributed by atoms with Crippen molar-refractivity contribution >= 4 is 11.8 Å². The van der Waals surface area contributed by atoms with E-state index in [1.54, 1.807) is 0 Å². The molecule has 1 aromatic rings. The molecule has 22 heavy (non-hydrogen) atoms. The molecular weight excluding hydrogens is 284 g/mol. The molecule has 0 bridgehead atoms. The van der Waals surface area contributed by atoms with Gasteiger partial charge in [-0.2, -0.15) is 0 Å². The highest BCUT2D eigenvalue weighted by atomic mass is 16.7. The Labute approximate surface area is 129 Å². The SMILES string of the molecule is CC(C)NC(=O)C1(C(=O)NCc2ccc3c(c2)OCO3)CC1. The van der Waals surface area contributed by atoms with Crippen LogP contribution in [-0.2, 0) is 16.1 Å². The van der Waals surface area contributed by atoms with Gasteiger partial charge in [-0.25, -0.2) is 0 Å². The summed E-state index contributed by atoms with van der Waals surface area (Å²) in [5.74, 6) is 1.02. The Balaban J connectivity index is 1.59. The van der Waals surface area contributed by atoms with Crippen LogP contribution in [0.1, 0.15) is 32.3 Å². The quantitative estimate of drug-likeness (QED) is 0.805. The van der Waals surface area contributed by atoms with Gasteiger partial charge in [0.05, 0.1) is 0 Å². The van der Waals surface area contributed by atoms with Crippen molar-refractivity contribution in [2.45, 2.75) is 39.3 Å². The topological polar surface area (TPSA) is 76.7 Å². The van der Waals surface area contributed by atoms with E-state index < -0.39 is 5.41 Å². The van der Waals surface area contributed by atoms with Gasteiger partial charge in [0.15, 0.2) is 11.5 Å². The monoisotopic (exact) mass is 304 g/mol. The van der Waals surface area contributed by atoms with Crippen LogP contribution in [0, 0.1) is 5.41 Å². The van der Waals surface area contributed by atoms with Gasteiger partial charge in [0, 0.05) is 12.6 Å². The Morgan fingerprint density at radius 3 is 2.59 bits per heavy atom. The third-order valence-electron chi connectivity index (χ3n) is 3.93. The average molecular weight is 304 g/mol. The molecule has 0 radical (unpaired) electrons. The molecule has 2 amide bonds. The van der Waals surface area contributed by atoms with Gasteiger partial charge in [-0.05, 0) is 44.4 Å². The standard InChI is InChI=1S/C16H20N2O4/c1-10(2)18-15(20)16(5-6-16)14(19)17-8-11-3-4-12-13(7-11)22-9-21-12/h3-4,7,10H,5-6,8-9H2,1-2H3,(H,17,19)(H,18,20). The minimum absolute atomic E-state index is 0.0339. The lowest BCUT2D eigenvalue weighted by Crippen LogP contribution is -2.44. The lowest BCUT2D eigenvalue weighted by molar-refractivity contribution is -0.137. The summed E-state index contributed by atoms with van der Waals surface area (Å²) in [7, 11) is 0. The number of ether oxygens (including phenoxy) is 2. The lowest BCUT2D eigenvalue weighted by Gasteiger charge is -2.17. The van der Waals surface area contributed by atoms with E-state index in [4.69, 9.17) is 9.47 Å². The number of nitrogens with one attached hydrogen (secondary N) is 2. The van der Waals surface area contributed by atoms with Crippen LogP contribution < -0.4 is 20.1 Å². The first-order chi connectivity index (χ1) is 10.5. The van der Waals surface area contributed by atoms with E-state index in [0.29, 0.717) is 30.9 Å². The number of carbonyl (C=O) groups is 2. The zero-order chi connectivity index (χ0) is 15.7. The Morgan fingerprint density at radius 1 is 1.18 bits per heavy atom. The van der Waals surface area contributed by atoms with E-state index in [0.717, 1.165) is 5.56 Å². The summed E-state index contributed by atoms with van der Waals surface area (Å²) in [5, 5.41) is 5.67. The smallest absolute Gasteiger partial charge is 0.235 e. The number of rotatable bonds is 5. The van der Waals surface area contributed by atoms with Crippen molar-refractivity contribution in [3.63, 3.8) is 0 Å². The summed E-state index contributed by atoms with van der Waals surface area (Å²) in [4.78, 5) is 24.5. The van der Waals surface area contributed by atoms with Gasteiger partial charge in [-0.3, -0.25) is 9.59 Å². The van der Waals surface area contributed by atoms with Gasteiger partial charge < -0.3 is 20.1 Å². The number of fused-ring (bicyclic) bond motifs is 1. The Bertz CT molecular complexity index is 608. The van der Waals surface area contributed by atoms with Crippen LogP contribution in [0.2, 0.25) is 0 Å². The Kier molecular flexibility index (Phi) is 3.68. The number of benzene rings is 1. The predicted molar refractivity (Wildman–Crippen MR) is 79.4 cm³/mol. The molecule has 2 aliphatic rings. The summed E-state index contributed by atoms with van der Waals surface area (Å²) in [6, 6.07) is 5.58. The number of amides is 2. The third kappa shape index (κ3) is 2.73. The molecule has 2 N–H and O–H groups in total. The van der Waals surface area contributed by atoms with Crippen LogP contribution in [-0.4, -0.2) is 24.6 Å². The first kappa shape index (κ1) is 14.7. The average Bonchev–Trinajstić information content (AvgIpc) is 3.16. The van der Waals surface area contributed by atoms with Gasteiger partial charge in [0.25, 0.3) is 0 Å².